The fraction of sp³-hybridized carbons (Fsp3) is 0.571. The molecule has 104 valence electrons. The van der Waals surface area contributed by atoms with Gasteiger partial charge in [0.25, 0.3) is 0 Å². The molecule has 0 spiro atoms. The molecule has 2 rings (SSSR count). The van der Waals surface area contributed by atoms with Crippen molar-refractivity contribution in [3.8, 4) is 0 Å². The Balaban J connectivity index is 2.22. The molecule has 0 aromatic heterocycles. The van der Waals surface area contributed by atoms with Gasteiger partial charge in [-0.05, 0) is 51.8 Å². The molecule has 0 bridgehead atoms. The standard InChI is InChI=1S/C14H21BBrNO2/c1-9-6-7-10(8-11(9)16)12(17)15-18-13(2,3)14(4,5)19-15/h6-8,12H,17H2,1-5H3/t12-/m0/s1. The van der Waals surface area contributed by atoms with Gasteiger partial charge in [-0.25, -0.2) is 0 Å². The summed E-state index contributed by atoms with van der Waals surface area (Å²) in [4.78, 5) is 0. The minimum atomic E-state index is -0.417. The first-order valence-corrected chi connectivity index (χ1v) is 7.31. The van der Waals surface area contributed by atoms with Crippen LogP contribution in [0, 0.1) is 6.92 Å². The van der Waals surface area contributed by atoms with E-state index in [0.717, 1.165) is 10.0 Å². The Kier molecular flexibility index (Phi) is 3.86. The zero-order valence-electron chi connectivity index (χ0n) is 12.2. The van der Waals surface area contributed by atoms with Crippen LogP contribution < -0.4 is 5.73 Å². The molecule has 1 aromatic carbocycles. The number of hydrogen-bond donors (Lipinski definition) is 1. The van der Waals surface area contributed by atoms with E-state index in [-0.39, 0.29) is 17.1 Å². The summed E-state index contributed by atoms with van der Waals surface area (Å²) in [7, 11) is -0.417. The second kappa shape index (κ2) is 4.88. The molecule has 1 atom stereocenters. The number of hydrogen-bond acceptors (Lipinski definition) is 3. The third kappa shape index (κ3) is 2.75. The summed E-state index contributed by atoms with van der Waals surface area (Å²) in [6, 6.07) is 6.10. The maximum Gasteiger partial charge on any atom is 0.480 e. The zero-order valence-corrected chi connectivity index (χ0v) is 13.7. The van der Waals surface area contributed by atoms with Crippen LogP contribution in [0.2, 0.25) is 0 Å². The highest BCUT2D eigenvalue weighted by Gasteiger charge is 2.53. The van der Waals surface area contributed by atoms with E-state index in [1.165, 1.54) is 5.56 Å². The van der Waals surface area contributed by atoms with Crippen molar-refractivity contribution in [1.82, 2.24) is 0 Å². The fourth-order valence-electron chi connectivity index (χ4n) is 2.01. The van der Waals surface area contributed by atoms with E-state index < -0.39 is 7.12 Å². The maximum atomic E-state index is 6.29. The lowest BCUT2D eigenvalue weighted by Crippen LogP contribution is -2.41. The van der Waals surface area contributed by atoms with E-state index in [1.54, 1.807) is 0 Å². The molecule has 0 aliphatic carbocycles. The fourth-order valence-corrected chi connectivity index (χ4v) is 2.41. The van der Waals surface area contributed by atoms with Crippen LogP contribution in [0.3, 0.4) is 0 Å². The minimum absolute atomic E-state index is 0.294. The van der Waals surface area contributed by atoms with Crippen molar-refractivity contribution in [2.24, 2.45) is 5.73 Å². The molecule has 3 nitrogen and oxygen atoms in total. The number of rotatable bonds is 2. The SMILES string of the molecule is Cc1ccc([C@H](N)B2OC(C)(C)C(C)(C)O2)cc1Br. The van der Waals surface area contributed by atoms with Crippen molar-refractivity contribution >= 4 is 23.0 Å². The van der Waals surface area contributed by atoms with Gasteiger partial charge in [0.05, 0.1) is 17.1 Å². The second-order valence-electron chi connectivity index (χ2n) is 6.16. The largest absolute Gasteiger partial charge is 0.480 e. The molecule has 1 saturated heterocycles. The number of aryl methyl sites for hydroxylation is 1. The van der Waals surface area contributed by atoms with Crippen LogP contribution >= 0.6 is 15.9 Å². The summed E-state index contributed by atoms with van der Waals surface area (Å²) in [5, 5.41) is 0. The van der Waals surface area contributed by atoms with Crippen molar-refractivity contribution < 1.29 is 9.31 Å². The van der Waals surface area contributed by atoms with E-state index in [9.17, 15) is 0 Å². The summed E-state index contributed by atoms with van der Waals surface area (Å²) >= 11 is 3.53. The first kappa shape index (κ1) is 15.0. The molecule has 2 N–H and O–H groups in total. The predicted molar refractivity (Wildman–Crippen MR) is 81.9 cm³/mol. The molecule has 5 heteroatoms. The summed E-state index contributed by atoms with van der Waals surface area (Å²) in [5.74, 6) is -0.294. The van der Waals surface area contributed by atoms with E-state index in [0.29, 0.717) is 0 Å². The highest BCUT2D eigenvalue weighted by molar-refractivity contribution is 9.10. The van der Waals surface area contributed by atoms with Crippen LogP contribution in [0.25, 0.3) is 0 Å². The first-order valence-electron chi connectivity index (χ1n) is 6.51. The predicted octanol–water partition coefficient (Wildman–Crippen LogP) is 3.39. The smallest absolute Gasteiger partial charge is 0.402 e. The van der Waals surface area contributed by atoms with Gasteiger partial charge in [0.15, 0.2) is 0 Å². The van der Waals surface area contributed by atoms with Crippen LogP contribution in [0.15, 0.2) is 22.7 Å². The quantitative estimate of drug-likeness (QED) is 0.848. The Morgan fingerprint density at radius 1 is 1.16 bits per heavy atom. The van der Waals surface area contributed by atoms with Gasteiger partial charge in [0.1, 0.15) is 0 Å². The highest BCUT2D eigenvalue weighted by atomic mass is 79.9. The normalized spacial score (nSPS) is 22.6. The van der Waals surface area contributed by atoms with Gasteiger partial charge in [0.2, 0.25) is 0 Å². The van der Waals surface area contributed by atoms with E-state index in [1.807, 2.05) is 52.8 Å². The molecule has 1 fully saturated rings. The average Bonchev–Trinajstić information content (AvgIpc) is 2.51. The summed E-state index contributed by atoms with van der Waals surface area (Å²) in [6.45, 7) is 10.2. The van der Waals surface area contributed by atoms with Crippen LogP contribution in [-0.4, -0.2) is 18.3 Å². The van der Waals surface area contributed by atoms with Gasteiger partial charge < -0.3 is 15.0 Å². The van der Waals surface area contributed by atoms with Crippen molar-refractivity contribution in [3.63, 3.8) is 0 Å². The van der Waals surface area contributed by atoms with Crippen LogP contribution in [0.1, 0.15) is 44.8 Å². The zero-order chi connectivity index (χ0) is 14.4. The average molecular weight is 326 g/mol. The third-order valence-electron chi connectivity index (χ3n) is 4.15. The topological polar surface area (TPSA) is 44.5 Å². The van der Waals surface area contributed by atoms with Gasteiger partial charge in [-0.15, -0.1) is 0 Å². The Morgan fingerprint density at radius 2 is 1.68 bits per heavy atom. The summed E-state index contributed by atoms with van der Waals surface area (Å²) < 4.78 is 13.0. The Hall–Kier alpha value is -0.355. The second-order valence-corrected chi connectivity index (χ2v) is 7.01. The number of benzene rings is 1. The van der Waals surface area contributed by atoms with Gasteiger partial charge in [-0.2, -0.15) is 0 Å². The van der Waals surface area contributed by atoms with Crippen molar-refractivity contribution in [1.29, 1.82) is 0 Å². The van der Waals surface area contributed by atoms with E-state index in [4.69, 9.17) is 15.0 Å². The number of nitrogens with two attached hydrogens (primary N) is 1. The molecule has 19 heavy (non-hydrogen) atoms. The summed E-state index contributed by atoms with van der Waals surface area (Å²) in [5.41, 5.74) is 7.79. The molecule has 0 unspecified atom stereocenters. The van der Waals surface area contributed by atoms with Crippen molar-refractivity contribution in [2.45, 2.75) is 51.8 Å². The molecule has 1 heterocycles. The van der Waals surface area contributed by atoms with E-state index >= 15 is 0 Å². The lowest BCUT2D eigenvalue weighted by atomic mass is 9.75. The van der Waals surface area contributed by atoms with Crippen molar-refractivity contribution in [3.05, 3.63) is 33.8 Å². The molecule has 1 aliphatic rings. The summed E-state index contributed by atoms with van der Waals surface area (Å²) in [6.07, 6.45) is 0. The Bertz CT molecular complexity index is 474. The molecule has 0 amide bonds. The third-order valence-corrected chi connectivity index (χ3v) is 5.00. The molecular weight excluding hydrogens is 305 g/mol. The molecule has 1 aliphatic heterocycles. The van der Waals surface area contributed by atoms with Gasteiger partial charge in [-0.1, -0.05) is 28.1 Å². The lowest BCUT2D eigenvalue weighted by Gasteiger charge is -2.32. The van der Waals surface area contributed by atoms with Crippen LogP contribution in [0.5, 0.6) is 0 Å². The molecule has 0 radical (unpaired) electrons. The van der Waals surface area contributed by atoms with Crippen LogP contribution in [0.4, 0.5) is 0 Å². The van der Waals surface area contributed by atoms with Gasteiger partial charge in [0, 0.05) is 4.47 Å². The highest BCUT2D eigenvalue weighted by Crippen LogP contribution is 2.39. The van der Waals surface area contributed by atoms with Gasteiger partial charge in [-0.3, -0.25) is 0 Å². The van der Waals surface area contributed by atoms with Crippen molar-refractivity contribution in [2.75, 3.05) is 0 Å². The lowest BCUT2D eigenvalue weighted by molar-refractivity contribution is 0.00578. The Labute approximate surface area is 124 Å². The first-order chi connectivity index (χ1) is 8.64. The monoisotopic (exact) mass is 325 g/mol. The van der Waals surface area contributed by atoms with Crippen LogP contribution in [-0.2, 0) is 9.31 Å². The Morgan fingerprint density at radius 3 is 2.16 bits per heavy atom. The minimum Gasteiger partial charge on any atom is -0.402 e. The van der Waals surface area contributed by atoms with E-state index in [2.05, 4.69) is 15.9 Å². The molecular formula is C14H21BBrNO2. The van der Waals surface area contributed by atoms with Gasteiger partial charge >= 0.3 is 7.12 Å². The maximum absolute atomic E-state index is 6.29. The number of halogens is 1. The molecule has 0 saturated carbocycles. The molecule has 1 aromatic rings.